The van der Waals surface area contributed by atoms with Gasteiger partial charge < -0.3 is 10.4 Å². The van der Waals surface area contributed by atoms with Crippen molar-refractivity contribution >= 4 is 39.2 Å². The minimum absolute atomic E-state index is 0.295. The van der Waals surface area contributed by atoms with Crippen LogP contribution < -0.4 is 5.32 Å². The van der Waals surface area contributed by atoms with E-state index in [2.05, 4.69) is 21.2 Å². The number of nitrogens with one attached hydrogen (secondary N) is 1. The summed E-state index contributed by atoms with van der Waals surface area (Å²) in [5.41, 5.74) is 1.78. The third-order valence-corrected chi connectivity index (χ3v) is 3.45. The first-order valence-corrected chi connectivity index (χ1v) is 6.75. The van der Waals surface area contributed by atoms with E-state index in [9.17, 15) is 4.79 Å². The maximum atomic E-state index is 11.1. The summed E-state index contributed by atoms with van der Waals surface area (Å²) in [7, 11) is 0. The van der Waals surface area contributed by atoms with Gasteiger partial charge in [0.2, 0.25) is 0 Å². The van der Waals surface area contributed by atoms with Crippen molar-refractivity contribution in [3.05, 3.63) is 63.1 Å². The van der Waals surface area contributed by atoms with Gasteiger partial charge in [-0.3, -0.25) is 0 Å². The van der Waals surface area contributed by atoms with Crippen molar-refractivity contribution in [2.45, 2.75) is 6.54 Å². The summed E-state index contributed by atoms with van der Waals surface area (Å²) in [4.78, 5) is 11.1. The normalized spacial score (nSPS) is 10.2. The van der Waals surface area contributed by atoms with Crippen molar-refractivity contribution in [1.82, 2.24) is 0 Å². The molecule has 19 heavy (non-hydrogen) atoms. The van der Waals surface area contributed by atoms with E-state index in [1.54, 1.807) is 24.3 Å². The van der Waals surface area contributed by atoms with Crippen LogP contribution in [0, 0.1) is 0 Å². The summed E-state index contributed by atoms with van der Waals surface area (Å²) in [5, 5.41) is 12.8. The Morgan fingerprint density at radius 1 is 1.26 bits per heavy atom. The van der Waals surface area contributed by atoms with Crippen LogP contribution in [-0.4, -0.2) is 11.1 Å². The zero-order valence-electron chi connectivity index (χ0n) is 9.86. The summed E-state index contributed by atoms with van der Waals surface area (Å²) in [6.07, 6.45) is 0. The molecular formula is C14H11BrClNO2. The van der Waals surface area contributed by atoms with Crippen LogP contribution in [0.1, 0.15) is 15.9 Å². The van der Waals surface area contributed by atoms with Crippen LogP contribution in [0.15, 0.2) is 46.9 Å². The van der Waals surface area contributed by atoms with Gasteiger partial charge in [0.15, 0.2) is 0 Å². The molecule has 0 bridgehead atoms. The first-order valence-electron chi connectivity index (χ1n) is 5.58. The summed E-state index contributed by atoms with van der Waals surface area (Å²) in [6, 6.07) is 12.4. The van der Waals surface area contributed by atoms with E-state index in [0.717, 1.165) is 10.2 Å². The van der Waals surface area contributed by atoms with Gasteiger partial charge in [0.1, 0.15) is 0 Å². The van der Waals surface area contributed by atoms with Crippen molar-refractivity contribution in [2.75, 3.05) is 5.32 Å². The monoisotopic (exact) mass is 339 g/mol. The maximum Gasteiger partial charge on any atom is 0.336 e. The topological polar surface area (TPSA) is 49.3 Å². The van der Waals surface area contributed by atoms with Crippen LogP contribution in [0.2, 0.25) is 5.02 Å². The standard InChI is InChI=1S/C14H11BrClNO2/c15-10-5-6-13(12(16)7-10)17-8-9-3-1-2-4-11(9)14(18)19/h1-7,17H,8H2,(H,18,19). The number of anilines is 1. The molecule has 0 amide bonds. The number of hydrogen-bond donors (Lipinski definition) is 2. The molecule has 0 saturated carbocycles. The highest BCUT2D eigenvalue weighted by molar-refractivity contribution is 9.10. The Kier molecular flexibility index (Phi) is 4.45. The fourth-order valence-corrected chi connectivity index (χ4v) is 2.45. The van der Waals surface area contributed by atoms with Crippen LogP contribution in [0.25, 0.3) is 0 Å². The molecule has 2 N–H and O–H groups in total. The average molecular weight is 341 g/mol. The van der Waals surface area contributed by atoms with E-state index in [0.29, 0.717) is 22.7 Å². The second kappa shape index (κ2) is 6.08. The summed E-state index contributed by atoms with van der Waals surface area (Å²) in [6.45, 7) is 0.407. The van der Waals surface area contributed by atoms with Gasteiger partial charge in [-0.25, -0.2) is 4.79 Å². The van der Waals surface area contributed by atoms with Gasteiger partial charge in [-0.05, 0) is 29.8 Å². The number of carboxylic acid groups (broad SMARTS) is 1. The molecule has 2 aromatic carbocycles. The molecule has 0 aliphatic rings. The maximum absolute atomic E-state index is 11.1. The molecule has 5 heteroatoms. The molecule has 0 aromatic heterocycles. The molecule has 0 unspecified atom stereocenters. The van der Waals surface area contributed by atoms with E-state index in [4.69, 9.17) is 16.7 Å². The predicted octanol–water partition coefficient (Wildman–Crippen LogP) is 4.41. The van der Waals surface area contributed by atoms with Crippen LogP contribution in [0.4, 0.5) is 5.69 Å². The lowest BCUT2D eigenvalue weighted by molar-refractivity contribution is 0.0696. The molecule has 2 aromatic rings. The number of halogens is 2. The molecule has 0 radical (unpaired) electrons. The molecule has 0 fully saturated rings. The Balaban J connectivity index is 2.17. The molecule has 0 aliphatic carbocycles. The second-order valence-corrected chi connectivity index (χ2v) is 5.26. The Bertz CT molecular complexity index is 616. The first kappa shape index (κ1) is 13.9. The van der Waals surface area contributed by atoms with Crippen LogP contribution in [0.5, 0.6) is 0 Å². The molecular weight excluding hydrogens is 330 g/mol. The Hall–Kier alpha value is -1.52. The van der Waals surface area contributed by atoms with E-state index < -0.39 is 5.97 Å². The van der Waals surface area contributed by atoms with Gasteiger partial charge in [-0.15, -0.1) is 0 Å². The minimum Gasteiger partial charge on any atom is -0.478 e. The average Bonchev–Trinajstić information content (AvgIpc) is 2.38. The highest BCUT2D eigenvalue weighted by Gasteiger charge is 2.09. The lowest BCUT2D eigenvalue weighted by atomic mass is 10.1. The molecule has 0 aliphatic heterocycles. The molecule has 98 valence electrons. The van der Waals surface area contributed by atoms with Crippen molar-refractivity contribution in [3.63, 3.8) is 0 Å². The highest BCUT2D eigenvalue weighted by Crippen LogP contribution is 2.26. The molecule has 3 nitrogen and oxygen atoms in total. The second-order valence-electron chi connectivity index (χ2n) is 3.94. The van der Waals surface area contributed by atoms with Crippen LogP contribution in [0.3, 0.4) is 0 Å². The number of benzene rings is 2. The van der Waals surface area contributed by atoms with E-state index in [1.165, 1.54) is 0 Å². The number of hydrogen-bond acceptors (Lipinski definition) is 2. The molecule has 0 saturated heterocycles. The molecule has 0 heterocycles. The van der Waals surface area contributed by atoms with E-state index in [1.807, 2.05) is 18.2 Å². The first-order chi connectivity index (χ1) is 9.08. The number of carbonyl (C=O) groups is 1. The molecule has 0 spiro atoms. The Morgan fingerprint density at radius 3 is 2.68 bits per heavy atom. The largest absolute Gasteiger partial charge is 0.478 e. The Labute approximate surface area is 124 Å². The third-order valence-electron chi connectivity index (χ3n) is 2.65. The van der Waals surface area contributed by atoms with Gasteiger partial charge in [0.25, 0.3) is 0 Å². The SMILES string of the molecule is O=C(O)c1ccccc1CNc1ccc(Br)cc1Cl. The van der Waals surface area contributed by atoms with Crippen LogP contribution >= 0.6 is 27.5 Å². The Morgan fingerprint density at radius 2 is 2.00 bits per heavy atom. The van der Waals surface area contributed by atoms with E-state index in [-0.39, 0.29) is 0 Å². The zero-order valence-corrected chi connectivity index (χ0v) is 12.2. The van der Waals surface area contributed by atoms with Crippen molar-refractivity contribution in [1.29, 1.82) is 0 Å². The summed E-state index contributed by atoms with van der Waals surface area (Å²) >= 11 is 9.42. The zero-order chi connectivity index (χ0) is 13.8. The van der Waals surface area contributed by atoms with Gasteiger partial charge in [0, 0.05) is 11.0 Å². The third kappa shape index (κ3) is 3.49. The van der Waals surface area contributed by atoms with Gasteiger partial charge in [-0.2, -0.15) is 0 Å². The lowest BCUT2D eigenvalue weighted by Gasteiger charge is -2.10. The molecule has 2 rings (SSSR count). The lowest BCUT2D eigenvalue weighted by Crippen LogP contribution is -2.07. The van der Waals surface area contributed by atoms with Crippen molar-refractivity contribution < 1.29 is 9.90 Å². The van der Waals surface area contributed by atoms with Gasteiger partial charge in [-0.1, -0.05) is 45.7 Å². The predicted molar refractivity (Wildman–Crippen MR) is 79.9 cm³/mol. The van der Waals surface area contributed by atoms with Gasteiger partial charge in [0.05, 0.1) is 16.3 Å². The summed E-state index contributed by atoms with van der Waals surface area (Å²) < 4.78 is 0.897. The quantitative estimate of drug-likeness (QED) is 0.866. The van der Waals surface area contributed by atoms with Crippen molar-refractivity contribution in [3.8, 4) is 0 Å². The van der Waals surface area contributed by atoms with Crippen molar-refractivity contribution in [2.24, 2.45) is 0 Å². The highest BCUT2D eigenvalue weighted by atomic mass is 79.9. The fourth-order valence-electron chi connectivity index (χ4n) is 1.71. The van der Waals surface area contributed by atoms with Gasteiger partial charge >= 0.3 is 5.97 Å². The fraction of sp³-hybridized carbons (Fsp3) is 0.0714. The van der Waals surface area contributed by atoms with E-state index >= 15 is 0 Å². The summed E-state index contributed by atoms with van der Waals surface area (Å²) in [5.74, 6) is -0.931. The molecule has 0 atom stereocenters. The smallest absolute Gasteiger partial charge is 0.336 e. The number of rotatable bonds is 4. The number of carboxylic acids is 1. The number of aromatic carboxylic acids is 1. The minimum atomic E-state index is -0.931. The van der Waals surface area contributed by atoms with Crippen LogP contribution in [-0.2, 0) is 6.54 Å².